The fourth-order valence-electron chi connectivity index (χ4n) is 3.77. The number of fused-ring (bicyclic) bond motifs is 1. The molecule has 0 bridgehead atoms. The first-order valence-electron chi connectivity index (χ1n) is 10.3. The van der Waals surface area contributed by atoms with Crippen LogP contribution in [0, 0.1) is 0 Å². The lowest BCUT2D eigenvalue weighted by molar-refractivity contribution is -0.137. The van der Waals surface area contributed by atoms with Gasteiger partial charge in [-0.15, -0.1) is 0 Å². The molecule has 3 aromatic rings. The molecule has 1 atom stereocenters. The second-order valence-corrected chi connectivity index (χ2v) is 7.52. The Morgan fingerprint density at radius 2 is 1.68 bits per heavy atom. The summed E-state index contributed by atoms with van der Waals surface area (Å²) in [5.74, 6) is 0.0685. The number of amides is 2. The first kappa shape index (κ1) is 20.7. The van der Waals surface area contributed by atoms with E-state index in [1.165, 1.54) is 0 Å². The Kier molecular flexibility index (Phi) is 6.37. The second kappa shape index (κ2) is 9.53. The smallest absolute Gasteiger partial charge is 0.247 e. The predicted octanol–water partition coefficient (Wildman–Crippen LogP) is 0.998. The summed E-state index contributed by atoms with van der Waals surface area (Å²) in [4.78, 5) is 37.5. The topological polar surface area (TPSA) is 98.7 Å². The zero-order valence-electron chi connectivity index (χ0n) is 17.1. The summed E-state index contributed by atoms with van der Waals surface area (Å²) in [5.41, 5.74) is 0.858. The van der Waals surface area contributed by atoms with Crippen LogP contribution in [0.25, 0.3) is 10.8 Å². The number of aromatic nitrogens is 2. The molecule has 160 valence electrons. The van der Waals surface area contributed by atoms with E-state index in [1.807, 2.05) is 47.4 Å². The van der Waals surface area contributed by atoms with Crippen molar-refractivity contribution in [2.45, 2.75) is 12.5 Å². The van der Waals surface area contributed by atoms with Gasteiger partial charge < -0.3 is 20.2 Å². The summed E-state index contributed by atoms with van der Waals surface area (Å²) in [6.45, 7) is 1.71. The van der Waals surface area contributed by atoms with Crippen LogP contribution < -0.4 is 10.2 Å². The van der Waals surface area contributed by atoms with Gasteiger partial charge in [-0.05, 0) is 22.4 Å². The minimum Gasteiger partial charge on any atom is -0.394 e. The molecule has 0 unspecified atom stereocenters. The molecular weight excluding hydrogens is 394 g/mol. The van der Waals surface area contributed by atoms with Crippen LogP contribution in [0.3, 0.4) is 0 Å². The molecule has 2 N–H and O–H groups in total. The molecule has 8 nitrogen and oxygen atoms in total. The van der Waals surface area contributed by atoms with Gasteiger partial charge in [0.25, 0.3) is 0 Å². The molecule has 2 aromatic carbocycles. The second-order valence-electron chi connectivity index (χ2n) is 7.52. The Hall–Kier alpha value is -3.52. The number of hydrogen-bond donors (Lipinski definition) is 2. The number of piperazine rings is 1. The number of nitrogens with one attached hydrogen (secondary N) is 1. The minimum absolute atomic E-state index is 0.147. The van der Waals surface area contributed by atoms with Gasteiger partial charge in [-0.1, -0.05) is 42.5 Å². The molecule has 1 aliphatic rings. The molecule has 2 heterocycles. The molecule has 1 aliphatic heterocycles. The summed E-state index contributed by atoms with van der Waals surface area (Å²) in [5, 5.41) is 14.6. The van der Waals surface area contributed by atoms with Gasteiger partial charge in [0.1, 0.15) is 6.04 Å². The molecule has 0 radical (unpaired) electrons. The first-order chi connectivity index (χ1) is 15.1. The lowest BCUT2D eigenvalue weighted by Gasteiger charge is -2.36. The van der Waals surface area contributed by atoms with Crippen molar-refractivity contribution in [3.05, 3.63) is 66.5 Å². The molecular formula is C23H25N5O3. The fraction of sp³-hybridized carbons (Fsp3) is 0.304. The molecule has 0 saturated carbocycles. The van der Waals surface area contributed by atoms with Gasteiger partial charge in [0.2, 0.25) is 17.8 Å². The monoisotopic (exact) mass is 419 g/mol. The Morgan fingerprint density at radius 3 is 2.39 bits per heavy atom. The Morgan fingerprint density at radius 1 is 0.968 bits per heavy atom. The van der Waals surface area contributed by atoms with E-state index in [0.29, 0.717) is 32.1 Å². The quantitative estimate of drug-likeness (QED) is 0.619. The Bertz CT molecular complexity index is 1050. The normalized spacial score (nSPS) is 15.0. The third-order valence-electron chi connectivity index (χ3n) is 5.42. The molecule has 8 heteroatoms. The zero-order chi connectivity index (χ0) is 21.6. The lowest BCUT2D eigenvalue weighted by atomic mass is 10.0. The molecule has 0 spiro atoms. The first-order valence-corrected chi connectivity index (χ1v) is 10.3. The van der Waals surface area contributed by atoms with E-state index in [1.54, 1.807) is 23.4 Å². The molecule has 1 saturated heterocycles. The average molecular weight is 419 g/mol. The maximum absolute atomic E-state index is 12.8. The average Bonchev–Trinajstić information content (AvgIpc) is 2.82. The van der Waals surface area contributed by atoms with Crippen molar-refractivity contribution >= 4 is 28.5 Å². The molecule has 1 aromatic heterocycles. The number of rotatable bonds is 6. The van der Waals surface area contributed by atoms with Gasteiger partial charge in [-0.2, -0.15) is 0 Å². The number of hydrogen-bond acceptors (Lipinski definition) is 6. The van der Waals surface area contributed by atoms with Gasteiger partial charge in [0, 0.05) is 38.6 Å². The minimum atomic E-state index is -0.951. The predicted molar refractivity (Wildman–Crippen MR) is 117 cm³/mol. The summed E-state index contributed by atoms with van der Waals surface area (Å²) >= 11 is 0. The van der Waals surface area contributed by atoms with Crippen LogP contribution >= 0.6 is 0 Å². The van der Waals surface area contributed by atoms with E-state index >= 15 is 0 Å². The van der Waals surface area contributed by atoms with Crippen LogP contribution in [0.15, 0.2) is 60.9 Å². The maximum Gasteiger partial charge on any atom is 0.247 e. The number of carbonyl (C=O) groups is 2. The van der Waals surface area contributed by atoms with Crippen molar-refractivity contribution in [2.75, 3.05) is 37.7 Å². The number of carbonyl (C=O) groups excluding carboxylic acids is 2. The number of benzene rings is 2. The van der Waals surface area contributed by atoms with Gasteiger partial charge >= 0.3 is 0 Å². The van der Waals surface area contributed by atoms with Gasteiger partial charge in [0.05, 0.1) is 13.0 Å². The van der Waals surface area contributed by atoms with E-state index in [-0.39, 0.29) is 18.2 Å². The van der Waals surface area contributed by atoms with E-state index in [4.69, 9.17) is 0 Å². The van der Waals surface area contributed by atoms with Crippen molar-refractivity contribution in [2.24, 2.45) is 0 Å². The van der Waals surface area contributed by atoms with Crippen LogP contribution in [0.4, 0.5) is 5.95 Å². The third-order valence-corrected chi connectivity index (χ3v) is 5.42. The van der Waals surface area contributed by atoms with Crippen molar-refractivity contribution in [3.8, 4) is 0 Å². The molecule has 4 rings (SSSR count). The van der Waals surface area contributed by atoms with Crippen LogP contribution in [0.1, 0.15) is 5.56 Å². The maximum atomic E-state index is 12.8. The van der Waals surface area contributed by atoms with Gasteiger partial charge in [-0.25, -0.2) is 9.97 Å². The SMILES string of the molecule is O=C(Cc1ccc2ccccc2c1)N[C@@H](CO)C(=O)N1CCN(c2ncccn2)CC1. The van der Waals surface area contributed by atoms with Crippen molar-refractivity contribution in [1.82, 2.24) is 20.2 Å². The number of nitrogens with zero attached hydrogens (tertiary/aromatic N) is 4. The number of aliphatic hydroxyl groups excluding tert-OH is 1. The van der Waals surface area contributed by atoms with Crippen molar-refractivity contribution in [3.63, 3.8) is 0 Å². The Balaban J connectivity index is 1.32. The largest absolute Gasteiger partial charge is 0.394 e. The van der Waals surface area contributed by atoms with E-state index in [2.05, 4.69) is 15.3 Å². The van der Waals surface area contributed by atoms with E-state index in [9.17, 15) is 14.7 Å². The standard InChI is InChI=1S/C23H25N5O3/c29-16-20(22(31)27-10-12-28(13-11-27)23-24-8-3-9-25-23)26-21(30)15-17-6-7-18-4-1-2-5-19(18)14-17/h1-9,14,20,29H,10-13,15-16H2,(H,26,30)/t20-/m0/s1. The third kappa shape index (κ3) is 4.97. The summed E-state index contributed by atoms with van der Waals surface area (Å²) in [6.07, 6.45) is 3.52. The molecule has 31 heavy (non-hydrogen) atoms. The number of anilines is 1. The Labute approximate surface area is 180 Å². The highest BCUT2D eigenvalue weighted by Crippen LogP contribution is 2.16. The summed E-state index contributed by atoms with van der Waals surface area (Å²) in [7, 11) is 0. The zero-order valence-corrected chi connectivity index (χ0v) is 17.1. The molecule has 0 aliphatic carbocycles. The van der Waals surface area contributed by atoms with Gasteiger partial charge in [0.15, 0.2) is 0 Å². The fourth-order valence-corrected chi connectivity index (χ4v) is 3.77. The van der Waals surface area contributed by atoms with E-state index in [0.717, 1.165) is 16.3 Å². The summed E-state index contributed by atoms with van der Waals surface area (Å²) in [6, 6.07) is 14.6. The van der Waals surface area contributed by atoms with Crippen molar-refractivity contribution in [1.29, 1.82) is 0 Å². The van der Waals surface area contributed by atoms with Crippen LogP contribution in [-0.4, -0.2) is 70.6 Å². The molecule has 2 amide bonds. The van der Waals surface area contributed by atoms with E-state index < -0.39 is 12.6 Å². The highest BCUT2D eigenvalue weighted by molar-refractivity contribution is 5.89. The van der Waals surface area contributed by atoms with Crippen LogP contribution in [-0.2, 0) is 16.0 Å². The number of aliphatic hydroxyl groups is 1. The molecule has 1 fully saturated rings. The van der Waals surface area contributed by atoms with Crippen LogP contribution in [0.2, 0.25) is 0 Å². The van der Waals surface area contributed by atoms with Crippen molar-refractivity contribution < 1.29 is 14.7 Å². The lowest BCUT2D eigenvalue weighted by Crippen LogP contribution is -2.56. The highest BCUT2D eigenvalue weighted by atomic mass is 16.3. The summed E-state index contributed by atoms with van der Waals surface area (Å²) < 4.78 is 0. The van der Waals surface area contributed by atoms with Crippen LogP contribution in [0.5, 0.6) is 0 Å². The highest BCUT2D eigenvalue weighted by Gasteiger charge is 2.28. The van der Waals surface area contributed by atoms with Gasteiger partial charge in [-0.3, -0.25) is 9.59 Å².